The maximum atomic E-state index is 11.6. The van der Waals surface area contributed by atoms with Gasteiger partial charge in [-0.15, -0.1) is 0 Å². The van der Waals surface area contributed by atoms with Crippen LogP contribution in [0.15, 0.2) is 138 Å². The molecule has 0 saturated heterocycles. The highest BCUT2D eigenvalue weighted by Gasteiger charge is 2.33. The Bertz CT molecular complexity index is 2700. The molecule has 8 nitrogen and oxygen atoms in total. The topological polar surface area (TPSA) is 145 Å². The molecule has 7 rings (SSSR count). The van der Waals surface area contributed by atoms with Gasteiger partial charge in [0, 0.05) is 11.3 Å². The minimum atomic E-state index is -0.814. The van der Waals surface area contributed by atoms with Crippen molar-refractivity contribution in [2.75, 3.05) is 11.5 Å². The second-order valence-electron chi connectivity index (χ2n) is 17.6. The first-order chi connectivity index (χ1) is 30.8. The van der Waals surface area contributed by atoms with Crippen LogP contribution in [-0.4, -0.2) is 58.0 Å². The molecule has 0 spiro atoms. The number of phenols is 4. The van der Waals surface area contributed by atoms with Gasteiger partial charge in [-0.3, -0.25) is 0 Å². The second-order valence-corrected chi connectivity index (χ2v) is 17.6. The smallest absolute Gasteiger partial charge is 0.186 e. The Morgan fingerprint density at radius 1 is 0.785 bits per heavy atom. The lowest BCUT2D eigenvalue weighted by Crippen LogP contribution is -2.25. The van der Waals surface area contributed by atoms with Crippen LogP contribution in [0.4, 0.5) is 17.1 Å². The van der Waals surface area contributed by atoms with Crippen molar-refractivity contribution in [3.8, 4) is 34.1 Å². The van der Waals surface area contributed by atoms with Crippen LogP contribution in [0.5, 0.6) is 23.0 Å². The Hall–Kier alpha value is -6.51. The Morgan fingerprint density at radius 3 is 1.95 bits per heavy atom. The van der Waals surface area contributed by atoms with E-state index in [0.29, 0.717) is 16.8 Å². The van der Waals surface area contributed by atoms with E-state index < -0.39 is 40.9 Å². The molecule has 0 aromatic heterocycles. The second kappa shape index (κ2) is 21.0. The third kappa shape index (κ3) is 10.6. The van der Waals surface area contributed by atoms with Gasteiger partial charge in [0.15, 0.2) is 23.0 Å². The lowest BCUT2D eigenvalue weighted by molar-refractivity contribution is 0.336. The van der Waals surface area contributed by atoms with E-state index in [0.717, 1.165) is 38.9 Å². The summed E-state index contributed by atoms with van der Waals surface area (Å²) in [7, 11) is 11.5. The first kappa shape index (κ1) is 49.5. The molecule has 0 heterocycles. The van der Waals surface area contributed by atoms with Gasteiger partial charge in [-0.1, -0.05) is 143 Å². The number of rotatable bonds is 9. The number of aliphatic hydroxyl groups excluding tert-OH is 3. The van der Waals surface area contributed by atoms with Gasteiger partial charge in [-0.05, 0) is 120 Å². The Morgan fingerprint density at radius 2 is 1.35 bits per heavy atom. The zero-order chi connectivity index (χ0) is 47.9. The van der Waals surface area contributed by atoms with E-state index in [1.165, 1.54) is 33.1 Å². The molecule has 0 amide bonds. The van der Waals surface area contributed by atoms with Crippen molar-refractivity contribution < 1.29 is 35.7 Å². The van der Waals surface area contributed by atoms with E-state index in [-0.39, 0.29) is 33.9 Å². The van der Waals surface area contributed by atoms with Gasteiger partial charge in [0.2, 0.25) is 0 Å². The van der Waals surface area contributed by atoms with Crippen LogP contribution in [0.3, 0.4) is 0 Å². The van der Waals surface area contributed by atoms with Gasteiger partial charge in [-0.2, -0.15) is 0 Å². The number of aliphatic hydroxyl groups is 3. The number of hydrogen-bond acceptors (Lipinski definition) is 8. The van der Waals surface area contributed by atoms with E-state index in [1.807, 2.05) is 87.5 Å². The monoisotopic (exact) mass is 869 g/mol. The maximum Gasteiger partial charge on any atom is 0.186 e. The molecule has 0 bridgehead atoms. The van der Waals surface area contributed by atoms with E-state index >= 15 is 0 Å². The fraction of sp³-hybridized carbons (Fsp3) is 0.273. The number of anilines is 3. The molecular weight excluding hydrogens is 808 g/mol. The van der Waals surface area contributed by atoms with Crippen LogP contribution in [0.1, 0.15) is 107 Å². The minimum absolute atomic E-state index is 0.0169. The molecule has 6 aromatic carbocycles. The molecule has 65 heavy (non-hydrogen) atoms. The summed E-state index contributed by atoms with van der Waals surface area (Å²) in [5.41, 5.74) is 6.98. The van der Waals surface area contributed by atoms with Gasteiger partial charge < -0.3 is 40.6 Å². The molecule has 6 aromatic rings. The summed E-state index contributed by atoms with van der Waals surface area (Å²) in [5, 5.41) is 75.9. The summed E-state index contributed by atoms with van der Waals surface area (Å²) in [6.07, 6.45) is 3.98. The van der Waals surface area contributed by atoms with Crippen molar-refractivity contribution in [3.63, 3.8) is 0 Å². The number of fused-ring (bicyclic) bond motifs is 2. The quantitative estimate of drug-likeness (QED) is 0.0250. The van der Waals surface area contributed by atoms with Gasteiger partial charge >= 0.3 is 0 Å². The average molecular weight is 870 g/mol. The fourth-order valence-electron chi connectivity index (χ4n) is 8.80. The van der Waals surface area contributed by atoms with Crippen LogP contribution in [0.25, 0.3) is 27.5 Å². The molecule has 1 aliphatic carbocycles. The predicted octanol–water partition coefficient (Wildman–Crippen LogP) is 13.4. The predicted molar refractivity (Wildman–Crippen MR) is 270 cm³/mol. The Labute approximate surface area is 387 Å². The molecule has 4 radical (unpaired) electrons. The Kier molecular flexibility index (Phi) is 16.0. The molecule has 334 valence electrons. The summed E-state index contributed by atoms with van der Waals surface area (Å²) in [4.78, 5) is 1.58. The van der Waals surface area contributed by atoms with Crippen LogP contribution in [0, 0.1) is 6.92 Å². The fourth-order valence-corrected chi connectivity index (χ4v) is 8.80. The van der Waals surface area contributed by atoms with Gasteiger partial charge in [0.1, 0.15) is 27.1 Å². The van der Waals surface area contributed by atoms with E-state index in [1.54, 1.807) is 16.0 Å². The minimum Gasteiger partial charge on any atom is -0.513 e. The van der Waals surface area contributed by atoms with E-state index in [2.05, 4.69) is 69.8 Å². The number of aromatic hydroxyl groups is 4. The van der Waals surface area contributed by atoms with Crippen molar-refractivity contribution in [1.29, 1.82) is 0 Å². The molecule has 7 N–H and O–H groups in total. The zero-order valence-electron chi connectivity index (χ0n) is 38.8. The van der Waals surface area contributed by atoms with E-state index in [9.17, 15) is 30.6 Å². The van der Waals surface area contributed by atoms with Crippen LogP contribution in [-0.2, 0) is 5.41 Å². The van der Waals surface area contributed by atoms with Crippen molar-refractivity contribution >= 4 is 49.1 Å². The highest BCUT2D eigenvalue weighted by molar-refractivity contribution is 6.33. The van der Waals surface area contributed by atoms with Crippen molar-refractivity contribution in [2.45, 2.75) is 91.9 Å². The van der Waals surface area contributed by atoms with Gasteiger partial charge in [0.05, 0.1) is 23.6 Å². The van der Waals surface area contributed by atoms with Gasteiger partial charge in [-0.25, -0.2) is 0 Å². The number of allylic oxidation sites excluding steroid dienone is 3. The van der Waals surface area contributed by atoms with Crippen LogP contribution < -0.4 is 4.90 Å². The zero-order valence-corrected chi connectivity index (χ0v) is 38.8. The molecule has 0 aliphatic heterocycles. The molecular formula is C55H61B2NO7. The highest BCUT2D eigenvalue weighted by atomic mass is 16.3. The normalized spacial score (nSPS) is 14.8. The third-order valence-electron chi connectivity index (χ3n) is 12.2. The summed E-state index contributed by atoms with van der Waals surface area (Å²) >= 11 is 0. The van der Waals surface area contributed by atoms with E-state index in [4.69, 9.17) is 20.8 Å². The standard InChI is InChI=1S/C38H35B2NO6.C14H20.C3H6O/c1-20(2)30-21(3)9-7-14-29(30)41(25-17-15-24(16-18-25)27-13-8-11-23-10-5-6-12-26(23)27)33-37(46)35(44)31(36(45)38(33)47)22(4)34(43)32(40)28(39)19-42;1-4-11-9-10-14(2,3)13-8-6-5-7-12(11)13;1-3(2)4/h5-18,20,42-47H,19H2,1-4H3;5-8,11H,4,9-10H2,1-3H3;4H,1H2,2H3/b32-28-,34-22-;;. The number of benzene rings is 6. The largest absolute Gasteiger partial charge is 0.513 e. The van der Waals surface area contributed by atoms with Crippen molar-refractivity contribution in [3.05, 3.63) is 166 Å². The molecule has 1 atom stereocenters. The molecule has 1 aliphatic rings. The highest BCUT2D eigenvalue weighted by Crippen LogP contribution is 2.58. The first-order valence-electron chi connectivity index (χ1n) is 21.9. The van der Waals surface area contributed by atoms with Crippen molar-refractivity contribution in [2.24, 2.45) is 0 Å². The van der Waals surface area contributed by atoms with Crippen LogP contribution in [0.2, 0.25) is 0 Å². The lowest BCUT2D eigenvalue weighted by Gasteiger charge is -2.36. The summed E-state index contributed by atoms with van der Waals surface area (Å²) in [5.74, 6) is -2.81. The molecule has 1 unspecified atom stereocenters. The summed E-state index contributed by atoms with van der Waals surface area (Å²) in [6.45, 7) is 18.4. The lowest BCUT2D eigenvalue weighted by atomic mass is 9.68. The number of nitrogens with zero attached hydrogens (tertiary/aromatic N) is 1. The third-order valence-corrected chi connectivity index (χ3v) is 12.2. The first-order valence-corrected chi connectivity index (χ1v) is 21.9. The molecule has 0 fully saturated rings. The summed E-state index contributed by atoms with van der Waals surface area (Å²) in [6, 6.07) is 36.4. The SMILES string of the molecule is C=C(C)O.CCC1CCC(C)(C)c2ccccc21.[B]/C(CO)=C([B])/C(O)=C(\C)c1c(O)c(O)c(N(c2ccc(-c3cccc4ccccc34)cc2)c2cccc(C)c2C(C)C)c(O)c1O. The van der Waals surface area contributed by atoms with Crippen LogP contribution >= 0.6 is 0 Å². The average Bonchev–Trinajstić information content (AvgIpc) is 3.29. The maximum absolute atomic E-state index is 11.6. The number of hydrogen-bond donors (Lipinski definition) is 7. The summed E-state index contributed by atoms with van der Waals surface area (Å²) < 4.78 is 0. The van der Waals surface area contributed by atoms with Crippen molar-refractivity contribution in [1.82, 2.24) is 0 Å². The molecule has 10 heteroatoms. The van der Waals surface area contributed by atoms with Gasteiger partial charge in [0.25, 0.3) is 0 Å². The molecule has 0 saturated carbocycles. The number of phenolic OH excluding ortho intramolecular Hbond substituents is 4. The number of aryl methyl sites for hydroxylation is 1. The Balaban J connectivity index is 0.000000365.